The Morgan fingerprint density at radius 3 is 2.38 bits per heavy atom. The number of anilines is 1. The average Bonchev–Trinajstić information content (AvgIpc) is 3.42. The average molecular weight is 613 g/mol. The van der Waals surface area contributed by atoms with E-state index in [0.717, 1.165) is 91.9 Å². The molecule has 2 N–H and O–H groups in total. The quantitative estimate of drug-likeness (QED) is 0.242. The third-order valence-electron chi connectivity index (χ3n) is 10.1. The topological polar surface area (TPSA) is 88.0 Å². The molecule has 9 nitrogen and oxygen atoms in total. The summed E-state index contributed by atoms with van der Waals surface area (Å²) in [6, 6.07) is 8.17. The normalized spacial score (nSPS) is 26.0. The summed E-state index contributed by atoms with van der Waals surface area (Å²) in [7, 11) is 3.32. The molecule has 1 aliphatic carbocycles. The number of hydrogen-bond donors (Lipinski definition) is 2. The number of aliphatic hydroxyl groups excluding tert-OH is 1. The van der Waals surface area contributed by atoms with Crippen LogP contribution < -0.4 is 24.3 Å². The standard InChI is InChI=1S/C36H44N4O5/c1-22-18-36-19-28(36)35(41)38-30-17-34(32(43-5)15-27(30)24(3)40(36)21-22)45-13-8-6-7-12-44-33-16-29-26(14-31(33)42-4)23(2)39-11-9-10-25(39)20-37-29/h14-17,20,25,28,35,38,41H,1-3,6-13,18-19,21H2,4-5H3/t25-,28-,35-,36?/m0/s1. The second-order valence-electron chi connectivity index (χ2n) is 12.9. The van der Waals surface area contributed by atoms with Crippen LogP contribution in [0, 0.1) is 5.92 Å². The lowest BCUT2D eigenvalue weighted by Crippen LogP contribution is -2.38. The molecule has 0 amide bonds. The summed E-state index contributed by atoms with van der Waals surface area (Å²) in [5, 5.41) is 14.4. The fourth-order valence-corrected chi connectivity index (χ4v) is 7.67. The van der Waals surface area contributed by atoms with E-state index in [0.29, 0.717) is 42.3 Å². The van der Waals surface area contributed by atoms with Gasteiger partial charge in [-0.15, -0.1) is 0 Å². The SMILES string of the molecule is C=C1CN2C(=C)c3cc(OC)c(OCCCCCOc4cc5c(cc4OC)C(=C)N4CCC[C@H]4C=N5)cc3N[C@@H](O)[C@@H]3CC32C1. The van der Waals surface area contributed by atoms with Crippen LogP contribution >= 0.6 is 0 Å². The van der Waals surface area contributed by atoms with Crippen LogP contribution in [-0.2, 0) is 0 Å². The summed E-state index contributed by atoms with van der Waals surface area (Å²) < 4.78 is 23.8. The number of unbranched alkanes of at least 4 members (excludes halogenated alkanes) is 2. The molecular weight excluding hydrogens is 568 g/mol. The van der Waals surface area contributed by atoms with Gasteiger partial charge in [-0.25, -0.2) is 0 Å². The van der Waals surface area contributed by atoms with Gasteiger partial charge in [-0.1, -0.05) is 25.3 Å². The molecule has 45 heavy (non-hydrogen) atoms. The van der Waals surface area contributed by atoms with Crippen LogP contribution in [0.5, 0.6) is 23.0 Å². The van der Waals surface area contributed by atoms with Crippen LogP contribution in [0.3, 0.4) is 0 Å². The van der Waals surface area contributed by atoms with E-state index in [1.54, 1.807) is 14.2 Å². The second kappa shape index (κ2) is 11.7. The number of fused-ring (bicyclic) bond motifs is 3. The lowest BCUT2D eigenvalue weighted by molar-refractivity contribution is 0.150. The minimum Gasteiger partial charge on any atom is -0.493 e. The first-order valence-corrected chi connectivity index (χ1v) is 16.1. The summed E-state index contributed by atoms with van der Waals surface area (Å²) >= 11 is 0. The van der Waals surface area contributed by atoms with E-state index in [-0.39, 0.29) is 11.5 Å². The van der Waals surface area contributed by atoms with Crippen molar-refractivity contribution in [2.24, 2.45) is 10.9 Å². The number of aliphatic hydroxyl groups is 1. The lowest BCUT2D eigenvalue weighted by atomic mass is 10.0. The van der Waals surface area contributed by atoms with Gasteiger partial charge in [0, 0.05) is 65.6 Å². The Hall–Kier alpha value is -4.11. The highest BCUT2D eigenvalue weighted by Crippen LogP contribution is 2.61. The number of rotatable bonds is 10. The number of hydrogen-bond acceptors (Lipinski definition) is 9. The molecule has 4 heterocycles. The van der Waals surface area contributed by atoms with Gasteiger partial charge in [0.25, 0.3) is 0 Å². The van der Waals surface area contributed by atoms with E-state index in [1.165, 1.54) is 5.57 Å². The predicted molar refractivity (Wildman–Crippen MR) is 178 cm³/mol. The van der Waals surface area contributed by atoms with Gasteiger partial charge in [0.05, 0.1) is 44.7 Å². The molecule has 4 atom stereocenters. The van der Waals surface area contributed by atoms with Crippen LogP contribution in [-0.4, -0.2) is 79.5 Å². The molecular formula is C36H44N4O5. The van der Waals surface area contributed by atoms with Crippen molar-refractivity contribution in [1.82, 2.24) is 9.80 Å². The molecule has 1 saturated carbocycles. The molecule has 0 bridgehead atoms. The second-order valence-corrected chi connectivity index (χ2v) is 12.9. The fourth-order valence-electron chi connectivity index (χ4n) is 7.67. The molecule has 238 valence electrons. The molecule has 2 saturated heterocycles. The molecule has 0 radical (unpaired) electrons. The predicted octanol–water partition coefficient (Wildman–Crippen LogP) is 6.22. The van der Waals surface area contributed by atoms with E-state index in [1.807, 2.05) is 30.5 Å². The number of ether oxygens (including phenoxy) is 4. The van der Waals surface area contributed by atoms with Crippen molar-refractivity contribution >= 4 is 29.0 Å². The van der Waals surface area contributed by atoms with Gasteiger partial charge in [0.15, 0.2) is 23.0 Å². The van der Waals surface area contributed by atoms with E-state index < -0.39 is 6.23 Å². The van der Waals surface area contributed by atoms with Crippen molar-refractivity contribution < 1.29 is 24.1 Å². The van der Waals surface area contributed by atoms with Crippen molar-refractivity contribution in [3.63, 3.8) is 0 Å². The Balaban J connectivity index is 0.944. The largest absolute Gasteiger partial charge is 0.493 e. The number of benzene rings is 2. The van der Waals surface area contributed by atoms with E-state index in [9.17, 15) is 5.11 Å². The first kappa shape index (κ1) is 29.6. The van der Waals surface area contributed by atoms with Crippen LogP contribution in [0.25, 0.3) is 11.4 Å². The number of nitrogens with one attached hydrogen (secondary N) is 1. The Morgan fingerprint density at radius 1 is 0.933 bits per heavy atom. The molecule has 4 aliphatic heterocycles. The smallest absolute Gasteiger partial charge is 0.163 e. The van der Waals surface area contributed by atoms with Gasteiger partial charge in [0.2, 0.25) is 0 Å². The summed E-state index contributed by atoms with van der Waals surface area (Å²) in [4.78, 5) is 9.44. The number of aliphatic imine (C=N–C) groups is 1. The summed E-state index contributed by atoms with van der Waals surface area (Å²) in [5.74, 6) is 2.83. The highest BCUT2D eigenvalue weighted by Gasteiger charge is 2.64. The maximum atomic E-state index is 11.0. The van der Waals surface area contributed by atoms with Crippen molar-refractivity contribution in [2.75, 3.05) is 45.8 Å². The first-order valence-electron chi connectivity index (χ1n) is 16.1. The van der Waals surface area contributed by atoms with E-state index >= 15 is 0 Å². The molecule has 0 aromatic heterocycles. The van der Waals surface area contributed by atoms with Gasteiger partial charge < -0.3 is 39.2 Å². The van der Waals surface area contributed by atoms with Crippen LogP contribution in [0.1, 0.15) is 56.1 Å². The Kier molecular flexibility index (Phi) is 7.68. The fraction of sp³-hybridized carbons (Fsp3) is 0.472. The molecule has 5 aliphatic rings. The Labute approximate surface area is 265 Å². The number of nitrogens with zero attached hydrogens (tertiary/aromatic N) is 3. The van der Waals surface area contributed by atoms with Gasteiger partial charge in [-0.05, 0) is 57.1 Å². The first-order chi connectivity index (χ1) is 21.8. The van der Waals surface area contributed by atoms with Crippen molar-refractivity contribution in [3.05, 3.63) is 60.7 Å². The van der Waals surface area contributed by atoms with Gasteiger partial charge in [0.1, 0.15) is 6.23 Å². The van der Waals surface area contributed by atoms with Crippen molar-refractivity contribution in [1.29, 1.82) is 0 Å². The third kappa shape index (κ3) is 5.21. The van der Waals surface area contributed by atoms with Crippen molar-refractivity contribution in [3.8, 4) is 23.0 Å². The minimum absolute atomic E-state index is 0.0740. The summed E-state index contributed by atoms with van der Waals surface area (Å²) in [5.41, 5.74) is 6.62. The van der Waals surface area contributed by atoms with Crippen LogP contribution in [0.2, 0.25) is 0 Å². The van der Waals surface area contributed by atoms with Gasteiger partial charge in [-0.3, -0.25) is 4.99 Å². The Bertz CT molecular complexity index is 1570. The molecule has 1 unspecified atom stereocenters. The van der Waals surface area contributed by atoms with Gasteiger partial charge >= 0.3 is 0 Å². The van der Waals surface area contributed by atoms with Crippen LogP contribution in [0.4, 0.5) is 11.4 Å². The van der Waals surface area contributed by atoms with Crippen molar-refractivity contribution in [2.45, 2.75) is 62.8 Å². The molecule has 2 aromatic rings. The zero-order valence-electron chi connectivity index (χ0n) is 26.4. The summed E-state index contributed by atoms with van der Waals surface area (Å²) in [6.45, 7) is 15.9. The minimum atomic E-state index is -0.646. The molecule has 2 aromatic carbocycles. The highest BCUT2D eigenvalue weighted by atomic mass is 16.5. The Morgan fingerprint density at radius 2 is 1.64 bits per heavy atom. The summed E-state index contributed by atoms with van der Waals surface area (Å²) in [6.07, 6.45) is 8.14. The zero-order valence-corrected chi connectivity index (χ0v) is 26.4. The third-order valence-corrected chi connectivity index (χ3v) is 10.1. The maximum absolute atomic E-state index is 11.0. The van der Waals surface area contributed by atoms with E-state index in [2.05, 4.69) is 34.9 Å². The maximum Gasteiger partial charge on any atom is 0.163 e. The number of methoxy groups -OCH3 is 2. The van der Waals surface area contributed by atoms with Gasteiger partial charge in [-0.2, -0.15) is 0 Å². The molecule has 9 heteroatoms. The zero-order chi connectivity index (χ0) is 31.3. The molecule has 3 fully saturated rings. The van der Waals surface area contributed by atoms with E-state index in [4.69, 9.17) is 23.9 Å². The molecule has 7 rings (SSSR count). The highest BCUT2D eigenvalue weighted by molar-refractivity contribution is 5.84. The lowest BCUT2D eigenvalue weighted by Gasteiger charge is -2.34. The molecule has 1 spiro atoms. The monoisotopic (exact) mass is 612 g/mol. The van der Waals surface area contributed by atoms with Crippen LogP contribution in [0.15, 0.2) is 54.6 Å².